The van der Waals surface area contributed by atoms with Crippen LogP contribution in [0.5, 0.6) is 0 Å². The molecule has 0 aromatic carbocycles. The van der Waals surface area contributed by atoms with Crippen LogP contribution in [0, 0.1) is 5.92 Å². The van der Waals surface area contributed by atoms with Crippen molar-refractivity contribution in [2.45, 2.75) is 107 Å². The van der Waals surface area contributed by atoms with Crippen molar-refractivity contribution in [3.05, 3.63) is 59.1 Å². The Morgan fingerprint density at radius 2 is 1.46 bits per heavy atom. The highest BCUT2D eigenvalue weighted by Crippen LogP contribution is 2.15. The van der Waals surface area contributed by atoms with Crippen molar-refractivity contribution in [1.29, 1.82) is 0 Å². The Bertz CT molecular complexity index is 926. The van der Waals surface area contributed by atoms with Gasteiger partial charge in [-0.25, -0.2) is 0 Å². The summed E-state index contributed by atoms with van der Waals surface area (Å²) in [4.78, 5) is 22.6. The minimum absolute atomic E-state index is 0.696. The number of hydrogen-bond donors (Lipinski definition) is 0. The van der Waals surface area contributed by atoms with E-state index in [0.717, 1.165) is 22.7 Å². The summed E-state index contributed by atoms with van der Waals surface area (Å²) in [7, 11) is 0. The van der Waals surface area contributed by atoms with E-state index in [1.165, 1.54) is 69.3 Å². The van der Waals surface area contributed by atoms with Crippen LogP contribution in [-0.2, 0) is 16.1 Å². The Labute approximate surface area is 239 Å². The lowest BCUT2D eigenvalue weighted by atomic mass is 9.98. The molecule has 0 radical (unpaired) electrons. The van der Waals surface area contributed by atoms with E-state index < -0.39 is 0 Å². The maximum absolute atomic E-state index is 8.00. The van der Waals surface area contributed by atoms with Gasteiger partial charge in [0.05, 0.1) is 11.5 Å². The summed E-state index contributed by atoms with van der Waals surface area (Å²) < 4.78 is 2.07. The van der Waals surface area contributed by atoms with Crippen molar-refractivity contribution in [3.63, 3.8) is 0 Å². The Morgan fingerprint density at radius 3 is 1.87 bits per heavy atom. The quantitative estimate of drug-likeness (QED) is 0.366. The first kappa shape index (κ1) is 40.5. The standard InChI is InChI=1S/C19H27N3.C8H15N.2C2H6.2CH2O/c1-5-8-17(9-6-2)14-22-16(4)19(13-21-22)15(3)18-10-7-11-20-12-18;1-8(2)9-6-4-3-5-7-9;4*1-2/h7,10-13,17H,4-6,8-9,14H2,1-3H3;1,3-7H2,2H3;2*1-2H3;2*1H2/b19-15+;;;;;. The van der Waals surface area contributed by atoms with Gasteiger partial charge in [-0.2, -0.15) is 5.10 Å². The Hall–Kier alpha value is -3.02. The highest BCUT2D eigenvalue weighted by atomic mass is 16.1. The number of hydrogen-bond acceptors (Lipinski definition) is 5. The molecule has 0 bridgehead atoms. The van der Waals surface area contributed by atoms with E-state index in [-0.39, 0.29) is 0 Å². The summed E-state index contributed by atoms with van der Waals surface area (Å²) in [5.74, 6) is 0.696. The number of likely N-dealkylation sites (tertiary alicyclic amines) is 1. The predicted molar refractivity (Wildman–Crippen MR) is 170 cm³/mol. The van der Waals surface area contributed by atoms with Crippen LogP contribution in [-0.4, -0.2) is 46.3 Å². The van der Waals surface area contributed by atoms with Gasteiger partial charge in [0.1, 0.15) is 13.6 Å². The smallest absolute Gasteiger partial charge is 0.106 e. The SMILES string of the molecule is C=C(C)N1CCCCC1.C=O.C=O.C=c1/c(=C(\C)c2cccnc2)cnn1CC(CCC)CCC.CC.CC. The van der Waals surface area contributed by atoms with Crippen molar-refractivity contribution < 1.29 is 9.59 Å². The zero-order valence-electron chi connectivity index (χ0n) is 26.5. The van der Waals surface area contributed by atoms with Crippen molar-refractivity contribution in [2.24, 2.45) is 5.92 Å². The number of allylic oxidation sites excluding steroid dienone is 1. The summed E-state index contributed by atoms with van der Waals surface area (Å²) >= 11 is 0. The lowest BCUT2D eigenvalue weighted by Gasteiger charge is -2.28. The molecule has 6 nitrogen and oxygen atoms in total. The third kappa shape index (κ3) is 16.5. The van der Waals surface area contributed by atoms with Crippen molar-refractivity contribution >= 4 is 25.7 Å². The number of aromatic nitrogens is 3. The number of rotatable bonds is 8. The maximum atomic E-state index is 8.00. The van der Waals surface area contributed by atoms with Crippen LogP contribution < -0.4 is 10.6 Å². The van der Waals surface area contributed by atoms with E-state index in [1.54, 1.807) is 6.20 Å². The van der Waals surface area contributed by atoms with Gasteiger partial charge in [-0.1, -0.05) is 73.6 Å². The molecule has 0 aliphatic carbocycles. The Kier molecular flexibility index (Phi) is 29.1. The fraction of sp³-hybridized carbons (Fsp3) is 0.576. The fourth-order valence-corrected chi connectivity index (χ4v) is 4.28. The van der Waals surface area contributed by atoms with E-state index in [1.807, 2.05) is 59.7 Å². The van der Waals surface area contributed by atoms with E-state index in [2.05, 4.69) is 66.6 Å². The van der Waals surface area contributed by atoms with Crippen molar-refractivity contribution in [1.82, 2.24) is 19.7 Å². The zero-order valence-corrected chi connectivity index (χ0v) is 26.5. The van der Waals surface area contributed by atoms with Crippen LogP contribution in [0.4, 0.5) is 0 Å². The van der Waals surface area contributed by atoms with E-state index in [0.29, 0.717) is 5.92 Å². The lowest BCUT2D eigenvalue weighted by molar-refractivity contribution is -0.0987. The second-order valence-electron chi connectivity index (χ2n) is 8.78. The average molecular weight is 543 g/mol. The number of carbonyl (C=O) groups is 2. The van der Waals surface area contributed by atoms with Gasteiger partial charge in [0.25, 0.3) is 0 Å². The van der Waals surface area contributed by atoms with Gasteiger partial charge in [0, 0.05) is 42.9 Å². The molecule has 2 aromatic rings. The second kappa shape index (κ2) is 28.0. The molecule has 0 saturated carbocycles. The molecular weight excluding hydrogens is 484 g/mol. The van der Waals surface area contributed by atoms with Crippen molar-refractivity contribution in [3.8, 4) is 0 Å². The van der Waals surface area contributed by atoms with Crippen LogP contribution in [0.2, 0.25) is 0 Å². The third-order valence-electron chi connectivity index (χ3n) is 6.17. The number of pyridine rings is 1. The minimum atomic E-state index is 0.696. The molecule has 2 aromatic heterocycles. The molecule has 6 heteroatoms. The van der Waals surface area contributed by atoms with Crippen LogP contribution in [0.15, 0.2) is 43.0 Å². The zero-order chi connectivity index (χ0) is 30.6. The van der Waals surface area contributed by atoms with Gasteiger partial charge < -0.3 is 14.5 Å². The Morgan fingerprint density at radius 1 is 0.923 bits per heavy atom. The fourth-order valence-electron chi connectivity index (χ4n) is 4.28. The molecule has 222 valence electrons. The average Bonchev–Trinajstić information content (AvgIpc) is 3.37. The highest BCUT2D eigenvalue weighted by Gasteiger charge is 2.10. The van der Waals surface area contributed by atoms with Gasteiger partial charge in [-0.15, -0.1) is 0 Å². The largest absolute Gasteiger partial charge is 0.376 e. The van der Waals surface area contributed by atoms with Gasteiger partial charge in [-0.3, -0.25) is 9.67 Å². The van der Waals surface area contributed by atoms with Gasteiger partial charge in [0.15, 0.2) is 0 Å². The second-order valence-corrected chi connectivity index (χ2v) is 8.78. The summed E-state index contributed by atoms with van der Waals surface area (Å²) in [5, 5.41) is 6.72. The molecule has 0 spiro atoms. The predicted octanol–water partition coefficient (Wildman–Crippen LogP) is 6.81. The monoisotopic (exact) mass is 542 g/mol. The Balaban J connectivity index is -0.000000634. The molecule has 1 aliphatic rings. The van der Waals surface area contributed by atoms with Crippen LogP contribution >= 0.6 is 0 Å². The normalized spacial score (nSPS) is 12.3. The van der Waals surface area contributed by atoms with Crippen molar-refractivity contribution in [2.75, 3.05) is 13.1 Å². The molecule has 0 atom stereocenters. The molecule has 0 amide bonds. The van der Waals surface area contributed by atoms with Gasteiger partial charge in [-0.05, 0) is 69.1 Å². The molecular formula is C33H58N4O2. The number of nitrogens with zero attached hydrogens (tertiary/aromatic N) is 4. The van der Waals surface area contributed by atoms with Crippen LogP contribution in [0.25, 0.3) is 12.2 Å². The lowest BCUT2D eigenvalue weighted by Crippen LogP contribution is -2.31. The highest BCUT2D eigenvalue weighted by molar-refractivity contribution is 5.62. The molecule has 0 unspecified atom stereocenters. The molecule has 1 aliphatic heterocycles. The summed E-state index contributed by atoms with van der Waals surface area (Å²) in [6.45, 7) is 32.3. The third-order valence-corrected chi connectivity index (χ3v) is 6.17. The summed E-state index contributed by atoms with van der Waals surface area (Å²) in [5.41, 5.74) is 3.55. The molecule has 3 rings (SSSR count). The van der Waals surface area contributed by atoms with E-state index in [9.17, 15) is 0 Å². The molecule has 0 N–H and O–H groups in total. The number of piperidine rings is 1. The first-order chi connectivity index (χ1) is 19.0. The molecule has 1 fully saturated rings. The van der Waals surface area contributed by atoms with Gasteiger partial charge in [0.2, 0.25) is 0 Å². The molecule has 3 heterocycles. The molecule has 1 saturated heterocycles. The van der Waals surface area contributed by atoms with Crippen LogP contribution in [0.1, 0.15) is 106 Å². The van der Waals surface area contributed by atoms with Crippen LogP contribution in [0.3, 0.4) is 0 Å². The van der Waals surface area contributed by atoms with E-state index in [4.69, 9.17) is 9.59 Å². The topological polar surface area (TPSA) is 68.1 Å². The van der Waals surface area contributed by atoms with E-state index >= 15 is 0 Å². The summed E-state index contributed by atoms with van der Waals surface area (Å²) in [6, 6.07) is 4.04. The number of carbonyl (C=O) groups excluding carboxylic acids is 2. The first-order valence-corrected chi connectivity index (χ1v) is 14.6. The first-order valence-electron chi connectivity index (χ1n) is 14.6. The maximum Gasteiger partial charge on any atom is 0.106 e. The summed E-state index contributed by atoms with van der Waals surface area (Å²) in [6.07, 6.45) is 14.7. The molecule has 39 heavy (non-hydrogen) atoms. The van der Waals surface area contributed by atoms with Gasteiger partial charge >= 0.3 is 0 Å². The minimum Gasteiger partial charge on any atom is -0.376 e.